The molecule has 0 atom stereocenters. The molecule has 5 heteroatoms. The fraction of sp³-hybridized carbons (Fsp3) is 0.538. The Bertz CT molecular complexity index is 531. The predicted octanol–water partition coefficient (Wildman–Crippen LogP) is 3.05. The predicted molar refractivity (Wildman–Crippen MR) is 76.4 cm³/mol. The van der Waals surface area contributed by atoms with Crippen molar-refractivity contribution in [1.82, 2.24) is 14.5 Å². The summed E-state index contributed by atoms with van der Waals surface area (Å²) in [7, 11) is -1.00. The van der Waals surface area contributed by atoms with Gasteiger partial charge in [-0.05, 0) is 19.0 Å². The van der Waals surface area contributed by atoms with Crippen molar-refractivity contribution < 1.29 is 4.74 Å². The second-order valence-electron chi connectivity index (χ2n) is 5.83. The van der Waals surface area contributed by atoms with Gasteiger partial charge in [-0.2, -0.15) is 0 Å². The van der Waals surface area contributed by atoms with E-state index in [1.165, 1.54) is 6.04 Å². The van der Waals surface area contributed by atoms with E-state index in [9.17, 15) is 0 Å². The van der Waals surface area contributed by atoms with E-state index in [1.54, 1.807) is 6.33 Å². The topological polar surface area (TPSA) is 39.9 Å². The maximum absolute atomic E-state index is 5.74. The normalized spacial score (nSPS) is 12.2. The first-order valence-electron chi connectivity index (χ1n) is 6.31. The number of fused-ring (bicyclic) bond motifs is 1. The summed E-state index contributed by atoms with van der Waals surface area (Å²) in [6.07, 6.45) is 3.62. The molecular weight excluding hydrogens is 242 g/mol. The molecule has 0 aliphatic heterocycles. The number of ether oxygens (including phenoxy) is 1. The standard InChI is InChI=1S/C13H21N3OSi/c1-11-12-5-6-16(13(12)15-9-14-11)10-17-7-8-18(2,3)4/h5-6,9H,7-8,10H2,1-4H3. The van der Waals surface area contributed by atoms with Gasteiger partial charge < -0.3 is 9.30 Å². The first kappa shape index (κ1) is 13.2. The molecule has 0 aromatic carbocycles. The van der Waals surface area contributed by atoms with Crippen molar-refractivity contribution in [3.63, 3.8) is 0 Å². The van der Waals surface area contributed by atoms with Crippen LogP contribution < -0.4 is 0 Å². The van der Waals surface area contributed by atoms with E-state index in [1.807, 2.05) is 23.8 Å². The van der Waals surface area contributed by atoms with Gasteiger partial charge in [0.15, 0.2) is 0 Å². The minimum Gasteiger partial charge on any atom is -0.361 e. The van der Waals surface area contributed by atoms with Gasteiger partial charge in [0.2, 0.25) is 0 Å². The zero-order chi connectivity index (χ0) is 13.2. The molecule has 0 spiro atoms. The van der Waals surface area contributed by atoms with E-state index < -0.39 is 8.07 Å². The summed E-state index contributed by atoms with van der Waals surface area (Å²) in [4.78, 5) is 8.50. The van der Waals surface area contributed by atoms with Crippen molar-refractivity contribution in [3.05, 3.63) is 24.3 Å². The summed E-state index contributed by atoms with van der Waals surface area (Å²) in [6.45, 7) is 10.5. The lowest BCUT2D eigenvalue weighted by Gasteiger charge is -2.15. The van der Waals surface area contributed by atoms with Crippen LogP contribution >= 0.6 is 0 Å². The van der Waals surface area contributed by atoms with Crippen LogP contribution in [-0.2, 0) is 11.5 Å². The monoisotopic (exact) mass is 263 g/mol. The highest BCUT2D eigenvalue weighted by atomic mass is 28.3. The highest BCUT2D eigenvalue weighted by Gasteiger charge is 2.12. The molecule has 18 heavy (non-hydrogen) atoms. The lowest BCUT2D eigenvalue weighted by molar-refractivity contribution is 0.0899. The van der Waals surface area contributed by atoms with Crippen LogP contribution in [0.4, 0.5) is 0 Å². The van der Waals surface area contributed by atoms with Crippen LogP contribution in [0.5, 0.6) is 0 Å². The van der Waals surface area contributed by atoms with Gasteiger partial charge in [0.05, 0.1) is 5.69 Å². The molecule has 2 aromatic rings. The number of nitrogens with zero attached hydrogens (tertiary/aromatic N) is 3. The van der Waals surface area contributed by atoms with Crippen molar-refractivity contribution in [1.29, 1.82) is 0 Å². The van der Waals surface area contributed by atoms with Gasteiger partial charge >= 0.3 is 0 Å². The molecule has 0 saturated carbocycles. The Kier molecular flexibility index (Phi) is 3.82. The minimum absolute atomic E-state index is 0.574. The third kappa shape index (κ3) is 3.17. The zero-order valence-electron chi connectivity index (χ0n) is 11.6. The van der Waals surface area contributed by atoms with Crippen LogP contribution in [0.2, 0.25) is 25.7 Å². The van der Waals surface area contributed by atoms with Gasteiger partial charge in [0.1, 0.15) is 18.7 Å². The highest BCUT2D eigenvalue weighted by molar-refractivity contribution is 6.76. The summed E-state index contributed by atoms with van der Waals surface area (Å²) in [5, 5.41) is 1.10. The summed E-state index contributed by atoms with van der Waals surface area (Å²) < 4.78 is 7.78. The van der Waals surface area contributed by atoms with E-state index in [4.69, 9.17) is 4.74 Å². The SMILES string of the molecule is Cc1ncnc2c1ccn2COCC[Si](C)(C)C. The molecule has 2 rings (SSSR count). The second kappa shape index (κ2) is 5.20. The van der Waals surface area contributed by atoms with Crippen LogP contribution in [0.3, 0.4) is 0 Å². The van der Waals surface area contributed by atoms with Gasteiger partial charge in [-0.15, -0.1) is 0 Å². The Morgan fingerprint density at radius 3 is 2.78 bits per heavy atom. The average Bonchev–Trinajstić information content (AvgIpc) is 2.68. The smallest absolute Gasteiger partial charge is 0.145 e. The Balaban J connectivity index is 1.98. The molecule has 2 heterocycles. The Morgan fingerprint density at radius 1 is 1.28 bits per heavy atom. The van der Waals surface area contributed by atoms with E-state index in [-0.39, 0.29) is 0 Å². The average molecular weight is 263 g/mol. The molecule has 0 aliphatic rings. The van der Waals surface area contributed by atoms with E-state index in [0.29, 0.717) is 6.73 Å². The van der Waals surface area contributed by atoms with Gasteiger partial charge in [0.25, 0.3) is 0 Å². The molecule has 0 unspecified atom stereocenters. The lowest BCUT2D eigenvalue weighted by atomic mass is 10.3. The lowest BCUT2D eigenvalue weighted by Crippen LogP contribution is -2.22. The second-order valence-corrected chi connectivity index (χ2v) is 11.5. The van der Waals surface area contributed by atoms with Crippen molar-refractivity contribution >= 4 is 19.1 Å². The quantitative estimate of drug-likeness (QED) is 0.615. The zero-order valence-corrected chi connectivity index (χ0v) is 12.6. The molecule has 0 saturated heterocycles. The highest BCUT2D eigenvalue weighted by Crippen LogP contribution is 2.15. The van der Waals surface area contributed by atoms with Crippen LogP contribution in [0.1, 0.15) is 5.69 Å². The Morgan fingerprint density at radius 2 is 2.06 bits per heavy atom. The molecule has 2 aromatic heterocycles. The molecule has 0 N–H and O–H groups in total. The first-order chi connectivity index (χ1) is 8.47. The van der Waals surface area contributed by atoms with Crippen molar-refractivity contribution in [2.75, 3.05) is 6.61 Å². The minimum atomic E-state index is -1.00. The number of aromatic nitrogens is 3. The van der Waals surface area contributed by atoms with Crippen molar-refractivity contribution in [2.45, 2.75) is 39.3 Å². The van der Waals surface area contributed by atoms with Gasteiger partial charge in [-0.25, -0.2) is 9.97 Å². The summed E-state index contributed by atoms with van der Waals surface area (Å²) in [5.74, 6) is 0. The maximum atomic E-state index is 5.74. The molecule has 0 fully saturated rings. The van der Waals surface area contributed by atoms with Gasteiger partial charge in [-0.3, -0.25) is 0 Å². The van der Waals surface area contributed by atoms with Gasteiger partial charge in [0, 0.05) is 26.3 Å². The van der Waals surface area contributed by atoms with E-state index >= 15 is 0 Å². The third-order valence-corrected chi connectivity index (χ3v) is 4.69. The van der Waals surface area contributed by atoms with Crippen LogP contribution in [-0.4, -0.2) is 29.2 Å². The molecule has 0 aliphatic carbocycles. The molecule has 98 valence electrons. The number of hydrogen-bond donors (Lipinski definition) is 0. The number of hydrogen-bond acceptors (Lipinski definition) is 3. The number of rotatable bonds is 5. The van der Waals surface area contributed by atoms with Gasteiger partial charge in [-0.1, -0.05) is 19.6 Å². The van der Waals surface area contributed by atoms with Crippen LogP contribution in [0.15, 0.2) is 18.6 Å². The summed E-state index contributed by atoms with van der Waals surface area (Å²) in [6, 6.07) is 3.24. The third-order valence-electron chi connectivity index (χ3n) is 2.98. The van der Waals surface area contributed by atoms with E-state index in [2.05, 4.69) is 29.6 Å². The molecule has 0 radical (unpaired) electrons. The fourth-order valence-electron chi connectivity index (χ4n) is 1.78. The number of aryl methyl sites for hydroxylation is 1. The largest absolute Gasteiger partial charge is 0.361 e. The Hall–Kier alpha value is -1.20. The molecular formula is C13H21N3OSi. The maximum Gasteiger partial charge on any atom is 0.145 e. The molecule has 4 nitrogen and oxygen atoms in total. The first-order valence-corrected chi connectivity index (χ1v) is 10.0. The van der Waals surface area contributed by atoms with Crippen LogP contribution in [0.25, 0.3) is 11.0 Å². The van der Waals surface area contributed by atoms with Crippen molar-refractivity contribution in [3.8, 4) is 0 Å². The molecule has 0 bridgehead atoms. The van der Waals surface area contributed by atoms with Crippen LogP contribution in [0, 0.1) is 6.92 Å². The Labute approximate surface area is 109 Å². The fourth-order valence-corrected chi connectivity index (χ4v) is 2.53. The van der Waals surface area contributed by atoms with E-state index in [0.717, 1.165) is 23.3 Å². The summed E-state index contributed by atoms with van der Waals surface area (Å²) >= 11 is 0. The van der Waals surface area contributed by atoms with Crippen molar-refractivity contribution in [2.24, 2.45) is 0 Å². The summed E-state index contributed by atoms with van der Waals surface area (Å²) in [5.41, 5.74) is 1.97. The molecule has 0 amide bonds.